The second-order valence-corrected chi connectivity index (χ2v) is 6.86. The summed E-state index contributed by atoms with van der Waals surface area (Å²) in [5.41, 5.74) is 0. The summed E-state index contributed by atoms with van der Waals surface area (Å²) in [6.45, 7) is 0.645. The molecule has 1 aliphatic rings. The summed E-state index contributed by atoms with van der Waals surface area (Å²) in [6, 6.07) is -4.41. The zero-order valence-electron chi connectivity index (χ0n) is 14.9. The summed E-state index contributed by atoms with van der Waals surface area (Å²) in [7, 11) is 0. The molecule has 0 saturated carbocycles. The minimum atomic E-state index is -1.40. The van der Waals surface area contributed by atoms with E-state index in [4.69, 9.17) is 10.2 Å². The number of nitrogens with one attached hydrogen (secondary N) is 4. The SMILES string of the molecule is O=C(O)CC(NC(=O)C1CCCN1)C(=O)NC(CS)C(=O)NC(CS)C(=O)O. The van der Waals surface area contributed by atoms with Gasteiger partial charge < -0.3 is 31.5 Å². The van der Waals surface area contributed by atoms with E-state index < -0.39 is 60.2 Å². The number of carboxylic acids is 2. The molecule has 0 aromatic rings. The maximum absolute atomic E-state index is 12.4. The molecule has 1 aliphatic heterocycles. The fourth-order valence-corrected chi connectivity index (χ4v) is 2.99. The monoisotopic (exact) mass is 436 g/mol. The Kier molecular flexibility index (Phi) is 10.1. The third-order valence-electron chi connectivity index (χ3n) is 4.00. The molecule has 0 aromatic carbocycles. The standard InChI is InChI=1S/C15H24N4O7S2/c20-11(21)4-8(17-12(22)7-2-1-3-16-7)13(23)18-9(5-27)14(24)19-10(6-28)15(25)26/h7-10,16,27-28H,1-6H2,(H,17,22)(H,18,23)(H,19,24)(H,20,21)(H,25,26). The molecule has 28 heavy (non-hydrogen) atoms. The Labute approximate surface area is 172 Å². The summed E-state index contributed by atoms with van der Waals surface area (Å²) >= 11 is 7.78. The molecular formula is C15H24N4O7S2. The molecule has 0 bridgehead atoms. The van der Waals surface area contributed by atoms with Crippen LogP contribution in [0.2, 0.25) is 0 Å². The number of thiol groups is 2. The van der Waals surface area contributed by atoms with E-state index in [1.54, 1.807) is 0 Å². The van der Waals surface area contributed by atoms with Crippen molar-refractivity contribution in [2.24, 2.45) is 0 Å². The van der Waals surface area contributed by atoms with Gasteiger partial charge in [-0.3, -0.25) is 19.2 Å². The molecule has 0 aromatic heterocycles. The Hall–Kier alpha value is -1.99. The van der Waals surface area contributed by atoms with E-state index in [2.05, 4.69) is 46.5 Å². The first-order valence-corrected chi connectivity index (χ1v) is 9.76. The van der Waals surface area contributed by atoms with Gasteiger partial charge in [-0.25, -0.2) is 4.79 Å². The molecular weight excluding hydrogens is 412 g/mol. The lowest BCUT2D eigenvalue weighted by atomic mass is 10.1. The van der Waals surface area contributed by atoms with Gasteiger partial charge in [0.05, 0.1) is 12.5 Å². The van der Waals surface area contributed by atoms with Crippen LogP contribution in [0.5, 0.6) is 0 Å². The number of hydrogen-bond acceptors (Lipinski definition) is 8. The van der Waals surface area contributed by atoms with Gasteiger partial charge in [-0.1, -0.05) is 0 Å². The average molecular weight is 437 g/mol. The predicted molar refractivity (Wildman–Crippen MR) is 104 cm³/mol. The molecule has 158 valence electrons. The predicted octanol–water partition coefficient (Wildman–Crippen LogP) is -2.39. The molecule has 1 heterocycles. The lowest BCUT2D eigenvalue weighted by molar-refractivity contribution is -0.142. The molecule has 6 N–H and O–H groups in total. The molecule has 3 amide bonds. The third-order valence-corrected chi connectivity index (χ3v) is 4.73. The van der Waals surface area contributed by atoms with Crippen LogP contribution in [0, 0.1) is 0 Å². The number of carboxylic acid groups (broad SMARTS) is 2. The Morgan fingerprint density at radius 2 is 1.50 bits per heavy atom. The zero-order chi connectivity index (χ0) is 21.3. The highest BCUT2D eigenvalue weighted by Crippen LogP contribution is 2.06. The maximum Gasteiger partial charge on any atom is 0.327 e. The normalized spacial score (nSPS) is 19.1. The van der Waals surface area contributed by atoms with Crippen molar-refractivity contribution in [3.63, 3.8) is 0 Å². The summed E-state index contributed by atoms with van der Waals surface area (Å²) in [5, 5.41) is 27.8. The smallest absolute Gasteiger partial charge is 0.327 e. The van der Waals surface area contributed by atoms with Crippen LogP contribution in [0.15, 0.2) is 0 Å². The lowest BCUT2D eigenvalue weighted by Gasteiger charge is -2.23. The van der Waals surface area contributed by atoms with Gasteiger partial charge >= 0.3 is 11.9 Å². The van der Waals surface area contributed by atoms with E-state index in [0.717, 1.165) is 6.42 Å². The molecule has 0 spiro atoms. The van der Waals surface area contributed by atoms with Crippen LogP contribution in [0.4, 0.5) is 0 Å². The third kappa shape index (κ3) is 7.56. The van der Waals surface area contributed by atoms with Crippen molar-refractivity contribution in [1.82, 2.24) is 21.3 Å². The van der Waals surface area contributed by atoms with E-state index in [0.29, 0.717) is 13.0 Å². The van der Waals surface area contributed by atoms with E-state index in [9.17, 15) is 24.0 Å². The van der Waals surface area contributed by atoms with Crippen molar-refractivity contribution >= 4 is 54.9 Å². The Morgan fingerprint density at radius 3 is 1.96 bits per heavy atom. The Bertz CT molecular complexity index is 613. The molecule has 4 unspecified atom stereocenters. The van der Waals surface area contributed by atoms with Crippen molar-refractivity contribution in [2.75, 3.05) is 18.1 Å². The first kappa shape index (κ1) is 24.0. The van der Waals surface area contributed by atoms with E-state index in [-0.39, 0.29) is 11.5 Å². The molecule has 1 rings (SSSR count). The first-order chi connectivity index (χ1) is 13.2. The number of carbonyl (C=O) groups excluding carboxylic acids is 3. The fraction of sp³-hybridized carbons (Fsp3) is 0.667. The molecule has 4 atom stereocenters. The summed E-state index contributed by atoms with van der Waals surface area (Å²) in [5.74, 6) is -5.16. The van der Waals surface area contributed by atoms with Crippen molar-refractivity contribution < 1.29 is 34.2 Å². The van der Waals surface area contributed by atoms with Crippen LogP contribution in [0.1, 0.15) is 19.3 Å². The molecule has 1 fully saturated rings. The van der Waals surface area contributed by atoms with Gasteiger partial charge in [0, 0.05) is 11.5 Å². The van der Waals surface area contributed by atoms with Gasteiger partial charge in [-0.05, 0) is 19.4 Å². The first-order valence-electron chi connectivity index (χ1n) is 8.50. The van der Waals surface area contributed by atoms with Crippen molar-refractivity contribution in [1.29, 1.82) is 0 Å². The number of carbonyl (C=O) groups is 5. The van der Waals surface area contributed by atoms with Gasteiger partial charge in [0.15, 0.2) is 0 Å². The molecule has 11 nitrogen and oxygen atoms in total. The molecule has 13 heteroatoms. The van der Waals surface area contributed by atoms with Gasteiger partial charge in [-0.2, -0.15) is 25.3 Å². The second kappa shape index (κ2) is 11.8. The number of hydrogen-bond donors (Lipinski definition) is 8. The second-order valence-electron chi connectivity index (χ2n) is 6.13. The highest BCUT2D eigenvalue weighted by Gasteiger charge is 2.31. The Morgan fingerprint density at radius 1 is 0.929 bits per heavy atom. The highest BCUT2D eigenvalue weighted by molar-refractivity contribution is 7.80. The molecule has 0 radical (unpaired) electrons. The lowest BCUT2D eigenvalue weighted by Crippen LogP contribution is -2.58. The number of rotatable bonds is 11. The van der Waals surface area contributed by atoms with Crippen molar-refractivity contribution in [2.45, 2.75) is 43.4 Å². The summed E-state index contributed by atoms with van der Waals surface area (Å²) < 4.78 is 0. The van der Waals surface area contributed by atoms with Crippen LogP contribution in [0.25, 0.3) is 0 Å². The zero-order valence-corrected chi connectivity index (χ0v) is 16.7. The fourth-order valence-electron chi connectivity index (χ4n) is 2.49. The van der Waals surface area contributed by atoms with Crippen LogP contribution < -0.4 is 21.3 Å². The molecule has 0 aliphatic carbocycles. The quantitative estimate of drug-likeness (QED) is 0.166. The Balaban J connectivity index is 2.76. The average Bonchev–Trinajstić information content (AvgIpc) is 3.17. The number of amides is 3. The number of aliphatic carboxylic acids is 2. The van der Waals surface area contributed by atoms with E-state index in [1.807, 2.05) is 0 Å². The van der Waals surface area contributed by atoms with E-state index >= 15 is 0 Å². The van der Waals surface area contributed by atoms with Crippen LogP contribution in [0.3, 0.4) is 0 Å². The van der Waals surface area contributed by atoms with Crippen LogP contribution in [-0.4, -0.2) is 82.1 Å². The van der Waals surface area contributed by atoms with Gasteiger partial charge in [0.25, 0.3) is 0 Å². The minimum absolute atomic E-state index is 0.166. The van der Waals surface area contributed by atoms with Crippen LogP contribution in [-0.2, 0) is 24.0 Å². The summed E-state index contributed by atoms with van der Waals surface area (Å²) in [4.78, 5) is 58.8. The molecule has 1 saturated heterocycles. The van der Waals surface area contributed by atoms with Gasteiger partial charge in [-0.15, -0.1) is 0 Å². The van der Waals surface area contributed by atoms with E-state index in [1.165, 1.54) is 0 Å². The largest absolute Gasteiger partial charge is 0.481 e. The minimum Gasteiger partial charge on any atom is -0.481 e. The topological polar surface area (TPSA) is 174 Å². The van der Waals surface area contributed by atoms with Crippen molar-refractivity contribution in [3.8, 4) is 0 Å². The maximum atomic E-state index is 12.4. The summed E-state index contributed by atoms with van der Waals surface area (Å²) in [6.07, 6.45) is 0.667. The highest BCUT2D eigenvalue weighted by atomic mass is 32.1. The van der Waals surface area contributed by atoms with Crippen molar-refractivity contribution in [3.05, 3.63) is 0 Å². The van der Waals surface area contributed by atoms with Gasteiger partial charge in [0.1, 0.15) is 18.1 Å². The van der Waals surface area contributed by atoms with Crippen LogP contribution >= 0.6 is 25.3 Å². The van der Waals surface area contributed by atoms with Gasteiger partial charge in [0.2, 0.25) is 17.7 Å².